The average molecular weight is 299 g/mol. The highest BCUT2D eigenvalue weighted by Gasteiger charge is 2.21. The summed E-state index contributed by atoms with van der Waals surface area (Å²) in [6.45, 7) is 4.49. The van der Waals surface area contributed by atoms with Gasteiger partial charge < -0.3 is 20.2 Å². The van der Waals surface area contributed by atoms with Crippen molar-refractivity contribution in [2.45, 2.75) is 39.0 Å². The third-order valence-corrected chi connectivity index (χ3v) is 3.61. The SMILES string of the molecule is CC(=O)N1CCN(C(=O)NCCCCCCC(=O)O)CC1. The Hall–Kier alpha value is -1.79. The van der Waals surface area contributed by atoms with Gasteiger partial charge in [0.2, 0.25) is 5.91 Å². The van der Waals surface area contributed by atoms with Gasteiger partial charge in [-0.15, -0.1) is 0 Å². The van der Waals surface area contributed by atoms with Gasteiger partial charge in [-0.2, -0.15) is 0 Å². The highest BCUT2D eigenvalue weighted by Crippen LogP contribution is 2.04. The average Bonchev–Trinajstić information content (AvgIpc) is 2.45. The number of nitrogens with zero attached hydrogens (tertiary/aromatic N) is 2. The first-order valence-corrected chi connectivity index (χ1v) is 7.51. The van der Waals surface area contributed by atoms with Crippen molar-refractivity contribution >= 4 is 17.9 Å². The summed E-state index contributed by atoms with van der Waals surface area (Å²) in [5.74, 6) is -0.704. The summed E-state index contributed by atoms with van der Waals surface area (Å²) in [5, 5.41) is 11.4. The third kappa shape index (κ3) is 6.97. The normalized spacial score (nSPS) is 14.9. The van der Waals surface area contributed by atoms with E-state index >= 15 is 0 Å². The molecule has 7 nitrogen and oxygen atoms in total. The molecule has 0 aromatic rings. The fourth-order valence-electron chi connectivity index (χ4n) is 2.29. The van der Waals surface area contributed by atoms with Crippen LogP contribution in [0.5, 0.6) is 0 Å². The number of carbonyl (C=O) groups is 3. The molecule has 1 aliphatic heterocycles. The van der Waals surface area contributed by atoms with Gasteiger partial charge in [0.05, 0.1) is 0 Å². The predicted octanol–water partition coefficient (Wildman–Crippen LogP) is 0.895. The quantitative estimate of drug-likeness (QED) is 0.683. The second kappa shape index (κ2) is 9.20. The standard InChI is InChI=1S/C14H25N3O4/c1-12(18)16-8-10-17(11-9-16)14(21)15-7-5-3-2-4-6-13(19)20/h2-11H2,1H3,(H,15,21)(H,19,20). The number of unbranched alkanes of at least 4 members (excludes halogenated alkanes) is 3. The second-order valence-electron chi connectivity index (χ2n) is 5.28. The number of rotatable bonds is 7. The highest BCUT2D eigenvalue weighted by molar-refractivity contribution is 5.76. The van der Waals surface area contributed by atoms with E-state index in [1.807, 2.05) is 0 Å². The molecule has 7 heteroatoms. The van der Waals surface area contributed by atoms with Gasteiger partial charge >= 0.3 is 12.0 Å². The molecule has 0 aromatic heterocycles. The summed E-state index contributed by atoms with van der Waals surface area (Å²) in [5.41, 5.74) is 0. The second-order valence-corrected chi connectivity index (χ2v) is 5.28. The van der Waals surface area contributed by atoms with Gasteiger partial charge in [-0.05, 0) is 12.8 Å². The number of carboxylic acid groups (broad SMARTS) is 1. The van der Waals surface area contributed by atoms with Gasteiger partial charge in [0.25, 0.3) is 0 Å². The van der Waals surface area contributed by atoms with Crippen molar-refractivity contribution in [1.82, 2.24) is 15.1 Å². The number of hydrogen-bond donors (Lipinski definition) is 2. The lowest BCUT2D eigenvalue weighted by atomic mass is 10.1. The molecule has 1 fully saturated rings. The fourth-order valence-corrected chi connectivity index (χ4v) is 2.29. The van der Waals surface area contributed by atoms with Crippen molar-refractivity contribution in [3.63, 3.8) is 0 Å². The van der Waals surface area contributed by atoms with Crippen LogP contribution in [0.1, 0.15) is 39.0 Å². The van der Waals surface area contributed by atoms with Crippen molar-refractivity contribution in [3.8, 4) is 0 Å². The minimum absolute atomic E-state index is 0.0522. The molecular weight excluding hydrogens is 274 g/mol. The van der Waals surface area contributed by atoms with E-state index in [1.165, 1.54) is 0 Å². The Morgan fingerprint density at radius 2 is 1.52 bits per heavy atom. The van der Waals surface area contributed by atoms with Crippen LogP contribution in [0.4, 0.5) is 4.79 Å². The maximum absolute atomic E-state index is 11.9. The van der Waals surface area contributed by atoms with Crippen LogP contribution in [0.25, 0.3) is 0 Å². The van der Waals surface area contributed by atoms with E-state index < -0.39 is 5.97 Å². The molecule has 0 atom stereocenters. The number of carboxylic acids is 1. The van der Waals surface area contributed by atoms with Crippen LogP contribution in [0.15, 0.2) is 0 Å². The van der Waals surface area contributed by atoms with E-state index in [0.717, 1.165) is 19.3 Å². The highest BCUT2D eigenvalue weighted by atomic mass is 16.4. The molecule has 1 heterocycles. The number of amides is 3. The molecule has 0 spiro atoms. The Labute approximate surface area is 125 Å². The summed E-state index contributed by atoms with van der Waals surface area (Å²) in [6, 6.07) is -0.0799. The van der Waals surface area contributed by atoms with E-state index in [1.54, 1.807) is 16.7 Å². The maximum atomic E-state index is 11.9. The zero-order valence-electron chi connectivity index (χ0n) is 12.6. The number of carbonyl (C=O) groups excluding carboxylic acids is 2. The number of piperazine rings is 1. The molecule has 0 saturated carbocycles. The predicted molar refractivity (Wildman–Crippen MR) is 77.9 cm³/mol. The number of aliphatic carboxylic acids is 1. The van der Waals surface area contributed by atoms with E-state index in [9.17, 15) is 14.4 Å². The van der Waals surface area contributed by atoms with E-state index in [4.69, 9.17) is 5.11 Å². The van der Waals surface area contributed by atoms with Gasteiger partial charge in [0.15, 0.2) is 0 Å². The van der Waals surface area contributed by atoms with Crippen LogP contribution in [-0.2, 0) is 9.59 Å². The minimum Gasteiger partial charge on any atom is -0.481 e. The molecule has 0 aromatic carbocycles. The molecule has 3 amide bonds. The molecule has 1 saturated heterocycles. The van der Waals surface area contributed by atoms with E-state index in [2.05, 4.69) is 5.32 Å². The Kier molecular flexibility index (Phi) is 7.56. The largest absolute Gasteiger partial charge is 0.481 e. The third-order valence-electron chi connectivity index (χ3n) is 3.61. The lowest BCUT2D eigenvalue weighted by Gasteiger charge is -2.34. The first kappa shape index (κ1) is 17.3. The number of nitrogens with one attached hydrogen (secondary N) is 1. The summed E-state index contributed by atoms with van der Waals surface area (Å²) in [6.07, 6.45) is 3.56. The van der Waals surface area contributed by atoms with Crippen LogP contribution < -0.4 is 5.32 Å². The first-order chi connectivity index (χ1) is 10.0. The van der Waals surface area contributed by atoms with E-state index in [-0.39, 0.29) is 18.4 Å². The summed E-state index contributed by atoms with van der Waals surface area (Å²) >= 11 is 0. The summed E-state index contributed by atoms with van der Waals surface area (Å²) in [4.78, 5) is 36.9. The Morgan fingerprint density at radius 3 is 2.10 bits per heavy atom. The van der Waals surface area contributed by atoms with Gasteiger partial charge in [-0.1, -0.05) is 12.8 Å². The van der Waals surface area contributed by atoms with Crippen LogP contribution in [0.3, 0.4) is 0 Å². The number of hydrogen-bond acceptors (Lipinski definition) is 3. The van der Waals surface area contributed by atoms with Crippen molar-refractivity contribution in [1.29, 1.82) is 0 Å². The minimum atomic E-state index is -0.756. The molecular formula is C14H25N3O4. The fraction of sp³-hybridized carbons (Fsp3) is 0.786. The van der Waals surface area contributed by atoms with Crippen LogP contribution >= 0.6 is 0 Å². The van der Waals surface area contributed by atoms with Crippen molar-refractivity contribution < 1.29 is 19.5 Å². The van der Waals surface area contributed by atoms with Gasteiger partial charge in [-0.25, -0.2) is 4.79 Å². The molecule has 0 bridgehead atoms. The monoisotopic (exact) mass is 299 g/mol. The summed E-state index contributed by atoms with van der Waals surface area (Å²) < 4.78 is 0. The Balaban J connectivity index is 2.04. The number of urea groups is 1. The Morgan fingerprint density at radius 1 is 0.952 bits per heavy atom. The lowest BCUT2D eigenvalue weighted by Crippen LogP contribution is -2.52. The molecule has 1 aliphatic rings. The summed E-state index contributed by atoms with van der Waals surface area (Å²) in [7, 11) is 0. The molecule has 0 radical (unpaired) electrons. The maximum Gasteiger partial charge on any atom is 0.317 e. The Bertz CT molecular complexity index is 365. The first-order valence-electron chi connectivity index (χ1n) is 7.51. The van der Waals surface area contributed by atoms with Crippen molar-refractivity contribution in [3.05, 3.63) is 0 Å². The van der Waals surface area contributed by atoms with Crippen LogP contribution in [0.2, 0.25) is 0 Å². The molecule has 2 N–H and O–H groups in total. The lowest BCUT2D eigenvalue weighted by molar-refractivity contribution is -0.137. The molecule has 1 rings (SSSR count). The van der Waals surface area contributed by atoms with Crippen LogP contribution in [-0.4, -0.2) is 65.5 Å². The van der Waals surface area contributed by atoms with E-state index in [0.29, 0.717) is 39.1 Å². The molecule has 21 heavy (non-hydrogen) atoms. The topological polar surface area (TPSA) is 90.0 Å². The van der Waals surface area contributed by atoms with Crippen molar-refractivity contribution in [2.24, 2.45) is 0 Å². The molecule has 0 unspecified atom stereocenters. The zero-order chi connectivity index (χ0) is 15.7. The van der Waals surface area contributed by atoms with Crippen LogP contribution in [0, 0.1) is 0 Å². The van der Waals surface area contributed by atoms with Crippen molar-refractivity contribution in [2.75, 3.05) is 32.7 Å². The molecule has 120 valence electrons. The molecule has 0 aliphatic carbocycles. The smallest absolute Gasteiger partial charge is 0.317 e. The van der Waals surface area contributed by atoms with Gasteiger partial charge in [0.1, 0.15) is 0 Å². The zero-order valence-corrected chi connectivity index (χ0v) is 12.6. The van der Waals surface area contributed by atoms with Gasteiger partial charge in [0, 0.05) is 46.1 Å². The van der Waals surface area contributed by atoms with Gasteiger partial charge in [-0.3, -0.25) is 9.59 Å².